The number of carbonyl (C=O) groups is 1. The van der Waals surface area contributed by atoms with Crippen molar-refractivity contribution in [2.24, 2.45) is 5.73 Å². The Balaban J connectivity index is 0.00000127. The van der Waals surface area contributed by atoms with Gasteiger partial charge in [-0.3, -0.25) is 9.32 Å². The maximum absolute atomic E-state index is 11.1. The lowest BCUT2D eigenvalue weighted by atomic mass is 10.2. The van der Waals surface area contributed by atoms with Gasteiger partial charge in [0.1, 0.15) is 11.7 Å². The Morgan fingerprint density at radius 1 is 1.43 bits per heavy atom. The van der Waals surface area contributed by atoms with Gasteiger partial charge in [0.05, 0.1) is 12.7 Å². The van der Waals surface area contributed by atoms with E-state index in [1.165, 1.54) is 0 Å². The number of primary amides is 1. The van der Waals surface area contributed by atoms with E-state index in [0.29, 0.717) is 18.5 Å². The fraction of sp³-hybridized carbons (Fsp3) is 0.538. The van der Waals surface area contributed by atoms with E-state index in [1.54, 1.807) is 29.1 Å². The largest absolute Gasteiger partial charge is 0.469 e. The second-order valence-corrected chi connectivity index (χ2v) is 6.14. The molecule has 1 saturated heterocycles. The first kappa shape index (κ1) is 19.7. The molecule has 2 unspecified atom stereocenters. The number of ether oxygens (including phenoxy) is 1. The normalized spacial score (nSPS) is 20.7. The minimum Gasteiger partial charge on any atom is -0.400 e. The fourth-order valence-electron chi connectivity index (χ4n) is 2.23. The Morgan fingerprint density at radius 2 is 2.09 bits per heavy atom. The van der Waals surface area contributed by atoms with Gasteiger partial charge >= 0.3 is 7.82 Å². The van der Waals surface area contributed by atoms with Crippen LogP contribution in [0.4, 0.5) is 0 Å². The molecule has 2 heterocycles. The van der Waals surface area contributed by atoms with E-state index < -0.39 is 13.7 Å². The van der Waals surface area contributed by atoms with Crippen LogP contribution in [-0.2, 0) is 20.4 Å². The number of aliphatic hydroxyl groups is 1. The van der Waals surface area contributed by atoms with Crippen molar-refractivity contribution in [2.45, 2.75) is 31.6 Å². The van der Waals surface area contributed by atoms with Crippen molar-refractivity contribution in [3.05, 3.63) is 30.1 Å². The van der Waals surface area contributed by atoms with E-state index in [2.05, 4.69) is 4.52 Å². The summed E-state index contributed by atoms with van der Waals surface area (Å²) in [6, 6.07) is 3.36. The van der Waals surface area contributed by atoms with Crippen molar-refractivity contribution in [3.8, 4) is 0 Å². The predicted octanol–water partition coefficient (Wildman–Crippen LogP) is -0.662. The van der Waals surface area contributed by atoms with E-state index >= 15 is 0 Å². The van der Waals surface area contributed by atoms with Gasteiger partial charge in [-0.05, 0) is 18.9 Å². The van der Waals surface area contributed by atoms with Gasteiger partial charge in [0, 0.05) is 13.2 Å². The average Bonchev–Trinajstić information content (AvgIpc) is 2.94. The summed E-state index contributed by atoms with van der Waals surface area (Å²) in [5, 5.41) is 7.00. The lowest BCUT2D eigenvalue weighted by Gasteiger charge is -2.12. The van der Waals surface area contributed by atoms with Gasteiger partial charge in [-0.2, -0.15) is 0 Å². The van der Waals surface area contributed by atoms with E-state index in [0.717, 1.165) is 13.5 Å². The summed E-state index contributed by atoms with van der Waals surface area (Å²) in [6.45, 7) is 0.403. The fourth-order valence-corrected chi connectivity index (χ4v) is 2.59. The molecule has 23 heavy (non-hydrogen) atoms. The quantitative estimate of drug-likeness (QED) is 0.394. The van der Waals surface area contributed by atoms with Crippen molar-refractivity contribution >= 4 is 13.7 Å². The number of pyridine rings is 1. The van der Waals surface area contributed by atoms with E-state index in [4.69, 9.17) is 25.4 Å². The number of amides is 1. The van der Waals surface area contributed by atoms with Crippen molar-refractivity contribution in [1.82, 2.24) is 0 Å². The van der Waals surface area contributed by atoms with Crippen molar-refractivity contribution in [3.63, 3.8) is 0 Å². The molecule has 0 aromatic carbocycles. The van der Waals surface area contributed by atoms with Crippen molar-refractivity contribution in [2.75, 3.05) is 13.7 Å². The van der Waals surface area contributed by atoms with Crippen LogP contribution in [0.15, 0.2) is 24.5 Å². The van der Waals surface area contributed by atoms with Crippen LogP contribution in [-0.4, -0.2) is 46.7 Å². The topological polar surface area (TPSA) is 143 Å². The molecule has 1 aliphatic heterocycles. The Hall–Kier alpha value is -1.35. The van der Waals surface area contributed by atoms with Crippen LogP contribution in [0.25, 0.3) is 0 Å². The number of aromatic nitrogens is 1. The van der Waals surface area contributed by atoms with E-state index in [1.807, 2.05) is 0 Å². The number of nitrogens with two attached hydrogens (primary N) is 1. The second kappa shape index (κ2) is 9.07. The highest BCUT2D eigenvalue weighted by molar-refractivity contribution is 7.46. The summed E-state index contributed by atoms with van der Waals surface area (Å²) in [4.78, 5) is 28.4. The molecule has 2 rings (SSSR count). The minimum absolute atomic E-state index is 0.0940. The first-order valence-electron chi connectivity index (χ1n) is 6.92. The monoisotopic (exact) mass is 349 g/mol. The van der Waals surface area contributed by atoms with Crippen LogP contribution in [0.3, 0.4) is 0 Å². The highest BCUT2D eigenvalue weighted by Crippen LogP contribution is 2.37. The Kier molecular flexibility index (Phi) is 7.77. The van der Waals surface area contributed by atoms with Gasteiger partial charge in [0.25, 0.3) is 5.91 Å². The highest BCUT2D eigenvalue weighted by Gasteiger charge is 2.30. The molecule has 0 saturated carbocycles. The summed E-state index contributed by atoms with van der Waals surface area (Å²) >= 11 is 0. The zero-order chi connectivity index (χ0) is 17.5. The third kappa shape index (κ3) is 7.17. The molecular formula is C13H22N2O7P+. The number of rotatable bonds is 6. The van der Waals surface area contributed by atoms with Gasteiger partial charge < -0.3 is 25.4 Å². The van der Waals surface area contributed by atoms with Crippen LogP contribution in [0.5, 0.6) is 0 Å². The molecule has 0 spiro atoms. The first-order valence-corrected chi connectivity index (χ1v) is 8.46. The lowest BCUT2D eigenvalue weighted by molar-refractivity contribution is -0.703. The number of carbonyl (C=O) groups excluding carboxylic acids is 1. The summed E-state index contributed by atoms with van der Waals surface area (Å²) in [7, 11) is -3.46. The lowest BCUT2D eigenvalue weighted by Crippen LogP contribution is -2.40. The molecular weight excluding hydrogens is 327 g/mol. The molecule has 9 nitrogen and oxygen atoms in total. The minimum atomic E-state index is -4.46. The third-order valence-corrected chi connectivity index (χ3v) is 3.67. The molecule has 0 bridgehead atoms. The SMILES string of the molecule is CO.NC(=O)c1ccc[n+](CC2CCC(COP(=O)(O)O)O2)c1. The third-order valence-electron chi connectivity index (χ3n) is 3.18. The van der Waals surface area contributed by atoms with E-state index in [9.17, 15) is 9.36 Å². The maximum Gasteiger partial charge on any atom is 0.469 e. The Morgan fingerprint density at radius 3 is 2.70 bits per heavy atom. The van der Waals surface area contributed by atoms with Gasteiger partial charge in [-0.1, -0.05) is 0 Å². The molecule has 1 aromatic heterocycles. The van der Waals surface area contributed by atoms with Crippen LogP contribution in [0, 0.1) is 0 Å². The molecule has 1 aliphatic rings. The Bertz CT molecular complexity index is 563. The molecule has 1 amide bonds. The number of phosphoric acid groups is 1. The Labute approximate surface area is 133 Å². The first-order chi connectivity index (χ1) is 10.8. The van der Waals surface area contributed by atoms with E-state index in [-0.39, 0.29) is 18.8 Å². The number of aliphatic hydroxyl groups excluding tert-OH is 1. The standard InChI is InChI=1S/C12H17N2O6P.CH4O/c13-12(15)9-2-1-5-14(6-9)7-10-3-4-11(20-10)8-19-21(16,17)18;1-2/h1-2,5-6,10-11H,3-4,7-8H2,(H3-,13,15,16,17,18);2H,1H3/p+1. The summed E-state index contributed by atoms with van der Waals surface area (Å²) in [5.41, 5.74) is 5.63. The molecule has 5 N–H and O–H groups in total. The van der Waals surface area contributed by atoms with Gasteiger partial charge in [0.2, 0.25) is 0 Å². The smallest absolute Gasteiger partial charge is 0.400 e. The molecule has 1 aromatic rings. The van der Waals surface area contributed by atoms with Crippen LogP contribution < -0.4 is 10.3 Å². The number of hydrogen-bond acceptors (Lipinski definition) is 5. The number of hydrogen-bond donors (Lipinski definition) is 4. The molecule has 0 aliphatic carbocycles. The van der Waals surface area contributed by atoms with Gasteiger partial charge in [-0.15, -0.1) is 0 Å². The number of phosphoric ester groups is 1. The zero-order valence-corrected chi connectivity index (χ0v) is 13.6. The zero-order valence-electron chi connectivity index (χ0n) is 12.7. The molecule has 0 radical (unpaired) electrons. The second-order valence-electron chi connectivity index (χ2n) is 4.90. The number of nitrogens with zero attached hydrogens (tertiary/aromatic N) is 1. The van der Waals surface area contributed by atoms with Crippen molar-refractivity contribution < 1.29 is 38.1 Å². The summed E-state index contributed by atoms with van der Waals surface area (Å²) in [5.74, 6) is -0.496. The molecule has 2 atom stereocenters. The highest BCUT2D eigenvalue weighted by atomic mass is 31.2. The molecule has 130 valence electrons. The summed E-state index contributed by atoms with van der Waals surface area (Å²) < 4.78 is 22.5. The molecule has 10 heteroatoms. The maximum atomic E-state index is 11.1. The van der Waals surface area contributed by atoms with Crippen LogP contribution in [0.2, 0.25) is 0 Å². The van der Waals surface area contributed by atoms with Crippen LogP contribution >= 0.6 is 7.82 Å². The predicted molar refractivity (Wildman–Crippen MR) is 79.2 cm³/mol. The summed E-state index contributed by atoms with van der Waals surface area (Å²) in [6.07, 6.45) is 4.44. The van der Waals surface area contributed by atoms with Gasteiger partial charge in [0.15, 0.2) is 18.9 Å². The van der Waals surface area contributed by atoms with Crippen molar-refractivity contribution in [1.29, 1.82) is 0 Å². The van der Waals surface area contributed by atoms with Gasteiger partial charge in [-0.25, -0.2) is 9.13 Å². The van der Waals surface area contributed by atoms with Crippen LogP contribution in [0.1, 0.15) is 23.2 Å². The average molecular weight is 349 g/mol. The molecule has 1 fully saturated rings.